The Balaban J connectivity index is 1.95. The Labute approximate surface area is 107 Å². The average molecular weight is 252 g/mol. The molecule has 1 N–H and O–H groups in total. The summed E-state index contributed by atoms with van der Waals surface area (Å²) in [6, 6.07) is 7.88. The van der Waals surface area contributed by atoms with Crippen molar-refractivity contribution in [2.45, 2.75) is 31.7 Å². The molecule has 0 amide bonds. The predicted molar refractivity (Wildman–Crippen MR) is 67.6 cm³/mol. The molecule has 4 nitrogen and oxygen atoms in total. The van der Waals surface area contributed by atoms with Gasteiger partial charge in [0, 0.05) is 13.0 Å². The number of aliphatic hydroxyl groups excluding tert-OH is 1. The minimum Gasteiger partial charge on any atom is -0.497 e. The molecule has 1 fully saturated rings. The van der Waals surface area contributed by atoms with Gasteiger partial charge in [-0.25, -0.2) is 0 Å². The third-order valence-corrected chi connectivity index (χ3v) is 3.13. The first-order valence-electron chi connectivity index (χ1n) is 6.21. The van der Waals surface area contributed by atoms with Gasteiger partial charge in [-0.3, -0.25) is 0 Å². The molecule has 1 aromatic rings. The van der Waals surface area contributed by atoms with Crippen LogP contribution in [0.1, 0.15) is 18.9 Å². The van der Waals surface area contributed by atoms with Gasteiger partial charge in [-0.2, -0.15) is 0 Å². The first kappa shape index (κ1) is 13.3. The highest BCUT2D eigenvalue weighted by Crippen LogP contribution is 2.29. The second-order valence-electron chi connectivity index (χ2n) is 4.72. The van der Waals surface area contributed by atoms with E-state index in [1.165, 1.54) is 0 Å². The summed E-state index contributed by atoms with van der Waals surface area (Å²) < 4.78 is 16.7. The Bertz CT molecular complexity index is 376. The number of benzene rings is 1. The van der Waals surface area contributed by atoms with Crippen LogP contribution in [0.4, 0.5) is 0 Å². The Morgan fingerprint density at radius 1 is 1.39 bits per heavy atom. The molecule has 0 aromatic heterocycles. The third kappa shape index (κ3) is 3.22. The van der Waals surface area contributed by atoms with E-state index < -0.39 is 5.79 Å². The lowest BCUT2D eigenvalue weighted by Crippen LogP contribution is -2.29. The van der Waals surface area contributed by atoms with Gasteiger partial charge in [-0.1, -0.05) is 12.1 Å². The molecule has 0 aliphatic carbocycles. The molecule has 0 bridgehead atoms. The molecule has 0 saturated carbocycles. The smallest absolute Gasteiger partial charge is 0.170 e. The van der Waals surface area contributed by atoms with E-state index in [4.69, 9.17) is 19.3 Å². The normalized spacial score (nSPS) is 27.4. The van der Waals surface area contributed by atoms with Crippen LogP contribution in [0.2, 0.25) is 0 Å². The lowest BCUT2D eigenvalue weighted by atomic mass is 10.1. The summed E-state index contributed by atoms with van der Waals surface area (Å²) in [5.74, 6) is 0.254. The van der Waals surface area contributed by atoms with Crippen LogP contribution < -0.4 is 4.74 Å². The van der Waals surface area contributed by atoms with Crippen molar-refractivity contribution in [3.63, 3.8) is 0 Å². The minimum atomic E-state index is -0.589. The molecule has 1 aliphatic rings. The van der Waals surface area contributed by atoms with Gasteiger partial charge in [0.15, 0.2) is 5.79 Å². The van der Waals surface area contributed by atoms with Crippen LogP contribution in [0.3, 0.4) is 0 Å². The lowest BCUT2D eigenvalue weighted by molar-refractivity contribution is -0.153. The van der Waals surface area contributed by atoms with Gasteiger partial charge < -0.3 is 19.3 Å². The van der Waals surface area contributed by atoms with Gasteiger partial charge in [0.1, 0.15) is 5.75 Å². The Kier molecular flexibility index (Phi) is 4.22. The fraction of sp³-hybridized carbons (Fsp3) is 0.571. The van der Waals surface area contributed by atoms with E-state index in [1.54, 1.807) is 7.11 Å². The number of hydrogen-bond donors (Lipinski definition) is 1. The standard InChI is InChI=1S/C14H20O4/c1-14(17-10-13(18-14)7-8-15)9-11-3-5-12(16-2)6-4-11/h3-6,13,15H,7-10H2,1-2H3. The van der Waals surface area contributed by atoms with Crippen molar-refractivity contribution in [2.24, 2.45) is 0 Å². The van der Waals surface area contributed by atoms with Gasteiger partial charge in [-0.05, 0) is 31.0 Å². The average Bonchev–Trinajstić information content (AvgIpc) is 2.72. The van der Waals surface area contributed by atoms with E-state index in [1.807, 2.05) is 31.2 Å². The molecule has 1 aromatic carbocycles. The molecule has 2 atom stereocenters. The van der Waals surface area contributed by atoms with Crippen molar-refractivity contribution in [1.29, 1.82) is 0 Å². The Morgan fingerprint density at radius 3 is 2.72 bits per heavy atom. The zero-order chi connectivity index (χ0) is 13.0. The van der Waals surface area contributed by atoms with E-state index in [0.29, 0.717) is 19.4 Å². The van der Waals surface area contributed by atoms with E-state index in [9.17, 15) is 0 Å². The number of aliphatic hydroxyl groups is 1. The quantitative estimate of drug-likeness (QED) is 0.867. The fourth-order valence-electron chi connectivity index (χ4n) is 2.18. The largest absolute Gasteiger partial charge is 0.497 e. The van der Waals surface area contributed by atoms with Crippen molar-refractivity contribution in [3.8, 4) is 5.75 Å². The van der Waals surface area contributed by atoms with Crippen LogP contribution in [0.15, 0.2) is 24.3 Å². The van der Waals surface area contributed by atoms with E-state index in [2.05, 4.69) is 0 Å². The van der Waals surface area contributed by atoms with Crippen molar-refractivity contribution in [2.75, 3.05) is 20.3 Å². The first-order chi connectivity index (χ1) is 8.65. The molecule has 1 heterocycles. The van der Waals surface area contributed by atoms with Crippen LogP contribution >= 0.6 is 0 Å². The summed E-state index contributed by atoms with van der Waals surface area (Å²) >= 11 is 0. The van der Waals surface area contributed by atoms with Crippen LogP contribution in [0.25, 0.3) is 0 Å². The Morgan fingerprint density at radius 2 is 2.11 bits per heavy atom. The topological polar surface area (TPSA) is 47.9 Å². The summed E-state index contributed by atoms with van der Waals surface area (Å²) in [4.78, 5) is 0. The maximum Gasteiger partial charge on any atom is 0.170 e. The monoisotopic (exact) mass is 252 g/mol. The van der Waals surface area contributed by atoms with E-state index >= 15 is 0 Å². The maximum atomic E-state index is 8.89. The number of ether oxygens (including phenoxy) is 3. The summed E-state index contributed by atoms with van der Waals surface area (Å²) in [7, 11) is 1.65. The van der Waals surface area contributed by atoms with Crippen LogP contribution in [0, 0.1) is 0 Å². The van der Waals surface area contributed by atoms with Gasteiger partial charge in [-0.15, -0.1) is 0 Å². The zero-order valence-electron chi connectivity index (χ0n) is 10.9. The molecule has 1 aliphatic heterocycles. The van der Waals surface area contributed by atoms with Crippen LogP contribution in [0.5, 0.6) is 5.75 Å². The highest BCUT2D eigenvalue weighted by Gasteiger charge is 2.36. The van der Waals surface area contributed by atoms with Crippen molar-refractivity contribution >= 4 is 0 Å². The number of rotatable bonds is 5. The highest BCUT2D eigenvalue weighted by molar-refractivity contribution is 5.27. The summed E-state index contributed by atoms with van der Waals surface area (Å²) in [5, 5.41) is 8.89. The second kappa shape index (κ2) is 5.69. The molecule has 1 saturated heterocycles. The summed E-state index contributed by atoms with van der Waals surface area (Å²) in [6.07, 6.45) is 1.31. The zero-order valence-corrected chi connectivity index (χ0v) is 10.9. The molecular formula is C14H20O4. The third-order valence-electron chi connectivity index (χ3n) is 3.13. The molecule has 100 valence electrons. The van der Waals surface area contributed by atoms with Gasteiger partial charge in [0.2, 0.25) is 0 Å². The number of methoxy groups -OCH3 is 1. The van der Waals surface area contributed by atoms with Crippen LogP contribution in [-0.4, -0.2) is 37.3 Å². The van der Waals surface area contributed by atoms with Crippen molar-refractivity contribution < 1.29 is 19.3 Å². The molecule has 0 radical (unpaired) electrons. The first-order valence-corrected chi connectivity index (χ1v) is 6.21. The molecule has 2 rings (SSSR count). The lowest BCUT2D eigenvalue weighted by Gasteiger charge is -2.23. The van der Waals surface area contributed by atoms with Crippen molar-refractivity contribution in [1.82, 2.24) is 0 Å². The molecular weight excluding hydrogens is 232 g/mol. The predicted octanol–water partition coefficient (Wildman–Crippen LogP) is 1.75. The highest BCUT2D eigenvalue weighted by atomic mass is 16.7. The van der Waals surface area contributed by atoms with Crippen molar-refractivity contribution in [3.05, 3.63) is 29.8 Å². The van der Waals surface area contributed by atoms with E-state index in [0.717, 1.165) is 11.3 Å². The summed E-state index contributed by atoms with van der Waals surface area (Å²) in [6.45, 7) is 2.62. The molecule has 18 heavy (non-hydrogen) atoms. The minimum absolute atomic E-state index is 0.00162. The van der Waals surface area contributed by atoms with Crippen LogP contribution in [-0.2, 0) is 15.9 Å². The van der Waals surface area contributed by atoms with Gasteiger partial charge >= 0.3 is 0 Å². The van der Waals surface area contributed by atoms with Gasteiger partial charge in [0.05, 0.1) is 19.8 Å². The Hall–Kier alpha value is -1.10. The summed E-state index contributed by atoms with van der Waals surface area (Å²) in [5.41, 5.74) is 1.14. The molecule has 0 spiro atoms. The van der Waals surface area contributed by atoms with Gasteiger partial charge in [0.25, 0.3) is 0 Å². The molecule has 2 unspecified atom stereocenters. The maximum absolute atomic E-state index is 8.89. The number of hydrogen-bond acceptors (Lipinski definition) is 4. The SMILES string of the molecule is COc1ccc(CC2(C)OCC(CCO)O2)cc1. The fourth-order valence-corrected chi connectivity index (χ4v) is 2.18. The second-order valence-corrected chi connectivity index (χ2v) is 4.72. The van der Waals surface area contributed by atoms with E-state index in [-0.39, 0.29) is 12.7 Å². The molecule has 4 heteroatoms.